The lowest BCUT2D eigenvalue weighted by Gasteiger charge is -2.24. The summed E-state index contributed by atoms with van der Waals surface area (Å²) in [6, 6.07) is 6.94. The van der Waals surface area contributed by atoms with E-state index >= 15 is 0 Å². The molecule has 0 fully saturated rings. The van der Waals surface area contributed by atoms with Crippen LogP contribution in [0.15, 0.2) is 27.1 Å². The topological polar surface area (TPSA) is 12.0 Å². The number of hydrogen-bond acceptors (Lipinski definition) is 1. The van der Waals surface area contributed by atoms with Gasteiger partial charge in [-0.25, -0.2) is 0 Å². The van der Waals surface area contributed by atoms with Crippen molar-refractivity contribution in [2.45, 2.75) is 52.5 Å². The Morgan fingerprint density at radius 2 is 1.89 bits per heavy atom. The molecule has 0 amide bonds. The maximum absolute atomic E-state index is 3.70. The summed E-state index contributed by atoms with van der Waals surface area (Å²) < 4.78 is 2.32. The fourth-order valence-corrected chi connectivity index (χ4v) is 3.76. The molecule has 2 atom stereocenters. The molecular formula is C16H25Br2N. The first kappa shape index (κ1) is 17.2. The average Bonchev–Trinajstić information content (AvgIpc) is 2.35. The molecule has 0 radical (unpaired) electrons. The molecule has 1 nitrogen and oxygen atoms in total. The quantitative estimate of drug-likeness (QED) is 0.567. The monoisotopic (exact) mass is 389 g/mol. The molecule has 2 unspecified atom stereocenters. The third-order valence-electron chi connectivity index (χ3n) is 3.40. The minimum Gasteiger partial charge on any atom is -0.310 e. The van der Waals surface area contributed by atoms with Crippen LogP contribution in [0.5, 0.6) is 0 Å². The van der Waals surface area contributed by atoms with Gasteiger partial charge in [-0.3, -0.25) is 0 Å². The maximum Gasteiger partial charge on any atom is 0.0333 e. The van der Waals surface area contributed by atoms with E-state index in [1.807, 2.05) is 0 Å². The average molecular weight is 391 g/mol. The molecule has 108 valence electrons. The first-order chi connectivity index (χ1) is 9.08. The van der Waals surface area contributed by atoms with E-state index in [2.05, 4.69) is 76.1 Å². The van der Waals surface area contributed by atoms with Crippen LogP contribution in [-0.2, 0) is 0 Å². The fraction of sp³-hybridized carbons (Fsp3) is 0.625. The Bertz CT molecular complexity index is 379. The van der Waals surface area contributed by atoms with Crippen LogP contribution in [-0.4, -0.2) is 6.54 Å². The Morgan fingerprint density at radius 3 is 2.47 bits per heavy atom. The predicted octanol–water partition coefficient (Wildman–Crippen LogP) is 6.08. The highest BCUT2D eigenvalue weighted by molar-refractivity contribution is 9.11. The lowest BCUT2D eigenvalue weighted by Crippen LogP contribution is -2.24. The van der Waals surface area contributed by atoms with Gasteiger partial charge in [0, 0.05) is 15.0 Å². The van der Waals surface area contributed by atoms with Crippen LogP contribution < -0.4 is 5.32 Å². The summed E-state index contributed by atoms with van der Waals surface area (Å²) in [4.78, 5) is 0. The van der Waals surface area contributed by atoms with Gasteiger partial charge in [-0.1, -0.05) is 71.5 Å². The van der Waals surface area contributed by atoms with Crippen molar-refractivity contribution in [3.63, 3.8) is 0 Å². The second-order valence-electron chi connectivity index (χ2n) is 5.30. The van der Waals surface area contributed by atoms with Crippen LogP contribution in [0.3, 0.4) is 0 Å². The maximum atomic E-state index is 3.70. The Hall–Kier alpha value is 0.140. The molecule has 0 heterocycles. The van der Waals surface area contributed by atoms with Crippen molar-refractivity contribution in [2.24, 2.45) is 5.92 Å². The van der Waals surface area contributed by atoms with Crippen LogP contribution in [0.1, 0.15) is 58.1 Å². The van der Waals surface area contributed by atoms with Gasteiger partial charge in [0.1, 0.15) is 0 Å². The molecule has 0 aromatic heterocycles. The first-order valence-electron chi connectivity index (χ1n) is 7.26. The van der Waals surface area contributed by atoms with Crippen LogP contribution in [0.25, 0.3) is 0 Å². The van der Waals surface area contributed by atoms with E-state index in [0.29, 0.717) is 6.04 Å². The zero-order valence-electron chi connectivity index (χ0n) is 12.2. The first-order valence-corrected chi connectivity index (χ1v) is 8.85. The molecule has 0 aliphatic carbocycles. The van der Waals surface area contributed by atoms with Crippen LogP contribution >= 0.6 is 31.9 Å². The smallest absolute Gasteiger partial charge is 0.0333 e. The Morgan fingerprint density at radius 1 is 1.16 bits per heavy atom. The molecule has 1 N–H and O–H groups in total. The highest BCUT2D eigenvalue weighted by Gasteiger charge is 2.16. The highest BCUT2D eigenvalue weighted by Crippen LogP contribution is 2.31. The van der Waals surface area contributed by atoms with Crippen molar-refractivity contribution >= 4 is 31.9 Å². The van der Waals surface area contributed by atoms with Crippen molar-refractivity contribution < 1.29 is 0 Å². The van der Waals surface area contributed by atoms with Crippen LogP contribution in [0.2, 0.25) is 0 Å². The van der Waals surface area contributed by atoms with E-state index in [9.17, 15) is 0 Å². The Balaban J connectivity index is 2.82. The molecule has 3 heteroatoms. The third kappa shape index (κ3) is 5.97. The number of halogens is 2. The second kappa shape index (κ2) is 9.15. The standard InChI is InChI=1S/C16H25Br2N/c1-4-6-12(3)10-16(19-9-5-2)14-8-7-13(17)11-15(14)18/h7-8,11-12,16,19H,4-6,9-10H2,1-3H3. The molecule has 0 aliphatic heterocycles. The van der Waals surface area contributed by atoms with Gasteiger partial charge in [0.05, 0.1) is 0 Å². The lowest BCUT2D eigenvalue weighted by molar-refractivity contribution is 0.389. The summed E-state index contributed by atoms with van der Waals surface area (Å²) in [6.07, 6.45) is 4.95. The summed E-state index contributed by atoms with van der Waals surface area (Å²) >= 11 is 7.22. The molecule has 0 aliphatic rings. The molecule has 19 heavy (non-hydrogen) atoms. The van der Waals surface area contributed by atoms with E-state index in [4.69, 9.17) is 0 Å². The van der Waals surface area contributed by atoms with Gasteiger partial charge in [-0.15, -0.1) is 0 Å². The van der Waals surface area contributed by atoms with E-state index in [1.165, 1.54) is 35.7 Å². The summed E-state index contributed by atoms with van der Waals surface area (Å²) in [5.41, 5.74) is 1.37. The van der Waals surface area contributed by atoms with Crippen molar-refractivity contribution in [3.05, 3.63) is 32.7 Å². The lowest BCUT2D eigenvalue weighted by atomic mass is 9.93. The molecule has 0 spiro atoms. The molecule has 1 rings (SSSR count). The van der Waals surface area contributed by atoms with Crippen molar-refractivity contribution in [1.29, 1.82) is 0 Å². The van der Waals surface area contributed by atoms with Crippen molar-refractivity contribution in [1.82, 2.24) is 5.32 Å². The van der Waals surface area contributed by atoms with Gasteiger partial charge in [-0.2, -0.15) is 0 Å². The predicted molar refractivity (Wildman–Crippen MR) is 91.6 cm³/mol. The van der Waals surface area contributed by atoms with Gasteiger partial charge in [0.2, 0.25) is 0 Å². The van der Waals surface area contributed by atoms with Gasteiger partial charge in [0.15, 0.2) is 0 Å². The van der Waals surface area contributed by atoms with Crippen LogP contribution in [0, 0.1) is 5.92 Å². The minimum atomic E-state index is 0.448. The van der Waals surface area contributed by atoms with Gasteiger partial charge in [0.25, 0.3) is 0 Å². The second-order valence-corrected chi connectivity index (χ2v) is 7.07. The molecular weight excluding hydrogens is 366 g/mol. The number of rotatable bonds is 8. The Kier molecular flexibility index (Phi) is 8.27. The molecule has 1 aromatic carbocycles. The normalized spacial score (nSPS) is 14.4. The summed E-state index contributed by atoms with van der Waals surface area (Å²) in [7, 11) is 0. The van der Waals surface area contributed by atoms with E-state index in [-0.39, 0.29) is 0 Å². The summed E-state index contributed by atoms with van der Waals surface area (Å²) in [5, 5.41) is 3.69. The van der Waals surface area contributed by atoms with Crippen LogP contribution in [0.4, 0.5) is 0 Å². The van der Waals surface area contributed by atoms with Crippen molar-refractivity contribution in [2.75, 3.05) is 6.54 Å². The zero-order valence-corrected chi connectivity index (χ0v) is 15.4. The summed E-state index contributed by atoms with van der Waals surface area (Å²) in [5.74, 6) is 0.759. The number of hydrogen-bond donors (Lipinski definition) is 1. The van der Waals surface area contributed by atoms with E-state index in [1.54, 1.807) is 0 Å². The zero-order chi connectivity index (χ0) is 14.3. The molecule has 0 saturated carbocycles. The van der Waals surface area contributed by atoms with Gasteiger partial charge < -0.3 is 5.32 Å². The van der Waals surface area contributed by atoms with Gasteiger partial charge >= 0.3 is 0 Å². The fourth-order valence-electron chi connectivity index (χ4n) is 2.44. The SMILES string of the molecule is CCCNC(CC(C)CCC)c1ccc(Br)cc1Br. The van der Waals surface area contributed by atoms with Gasteiger partial charge in [-0.05, 0) is 43.0 Å². The third-order valence-corrected chi connectivity index (χ3v) is 4.58. The molecule has 0 saturated heterocycles. The minimum absolute atomic E-state index is 0.448. The van der Waals surface area contributed by atoms with E-state index in [0.717, 1.165) is 16.9 Å². The molecule has 0 bridgehead atoms. The summed E-state index contributed by atoms with van der Waals surface area (Å²) in [6.45, 7) is 7.92. The highest BCUT2D eigenvalue weighted by atomic mass is 79.9. The van der Waals surface area contributed by atoms with E-state index < -0.39 is 0 Å². The Labute approximate surface area is 134 Å². The number of nitrogens with one attached hydrogen (secondary N) is 1. The largest absolute Gasteiger partial charge is 0.310 e. The number of benzene rings is 1. The van der Waals surface area contributed by atoms with Crippen molar-refractivity contribution in [3.8, 4) is 0 Å². The molecule has 1 aromatic rings.